The molecule has 0 saturated heterocycles. The van der Waals surface area contributed by atoms with Crippen molar-refractivity contribution in [3.63, 3.8) is 0 Å². The Bertz CT molecular complexity index is 347. The summed E-state index contributed by atoms with van der Waals surface area (Å²) in [6.45, 7) is 4.91. The van der Waals surface area contributed by atoms with E-state index in [1.54, 1.807) is 7.11 Å². The average molecular weight is 454 g/mol. The molecule has 7 heteroatoms. The third kappa shape index (κ3) is 11.9. The number of aliphatic imine (C=N–C) groups is 1. The van der Waals surface area contributed by atoms with E-state index in [9.17, 15) is 4.79 Å². The van der Waals surface area contributed by atoms with Crippen molar-refractivity contribution in [2.75, 3.05) is 39.9 Å². The Morgan fingerprint density at radius 2 is 1.88 bits per heavy atom. The fourth-order valence-electron chi connectivity index (χ4n) is 2.90. The third-order valence-corrected chi connectivity index (χ3v) is 4.16. The highest BCUT2D eigenvalue weighted by Crippen LogP contribution is 2.28. The van der Waals surface area contributed by atoms with Crippen LogP contribution in [0, 0.1) is 5.92 Å². The number of amides is 1. The van der Waals surface area contributed by atoms with Crippen molar-refractivity contribution in [2.45, 2.75) is 51.9 Å². The van der Waals surface area contributed by atoms with Crippen LogP contribution in [0.3, 0.4) is 0 Å². The van der Waals surface area contributed by atoms with Gasteiger partial charge in [-0.05, 0) is 19.3 Å². The number of guanidine groups is 1. The van der Waals surface area contributed by atoms with E-state index in [-0.39, 0.29) is 36.4 Å². The second kappa shape index (κ2) is 15.9. The summed E-state index contributed by atoms with van der Waals surface area (Å²) in [5.74, 6) is 1.60. The van der Waals surface area contributed by atoms with Crippen LogP contribution in [0.1, 0.15) is 51.9 Å². The summed E-state index contributed by atoms with van der Waals surface area (Å²) in [5.41, 5.74) is 0. The summed E-state index contributed by atoms with van der Waals surface area (Å²) in [6.07, 6.45) is 9.48. The fourth-order valence-corrected chi connectivity index (χ4v) is 2.90. The minimum Gasteiger partial charge on any atom is -0.383 e. The van der Waals surface area contributed by atoms with Gasteiger partial charge in [0.2, 0.25) is 5.91 Å². The number of hydrogen-bond acceptors (Lipinski definition) is 3. The molecule has 6 nitrogen and oxygen atoms in total. The van der Waals surface area contributed by atoms with Gasteiger partial charge in [0.15, 0.2) is 5.96 Å². The molecule has 0 atom stereocenters. The third-order valence-electron chi connectivity index (χ3n) is 4.16. The van der Waals surface area contributed by atoms with Gasteiger partial charge in [-0.25, -0.2) is 4.99 Å². The van der Waals surface area contributed by atoms with Crippen molar-refractivity contribution in [1.29, 1.82) is 0 Å². The SMILES string of the molecule is CCNC(=NCC(=O)NCCOC)NCCCCC1CCCC1.I. The lowest BCUT2D eigenvalue weighted by Gasteiger charge is -2.12. The first-order valence-electron chi connectivity index (χ1n) is 9.04. The van der Waals surface area contributed by atoms with E-state index >= 15 is 0 Å². The molecule has 0 aromatic carbocycles. The minimum absolute atomic E-state index is 0. The molecule has 0 radical (unpaired) electrons. The zero-order chi connectivity index (χ0) is 16.8. The molecule has 24 heavy (non-hydrogen) atoms. The Labute approximate surface area is 164 Å². The van der Waals surface area contributed by atoms with Crippen molar-refractivity contribution in [1.82, 2.24) is 16.0 Å². The molecule has 3 N–H and O–H groups in total. The lowest BCUT2D eigenvalue weighted by molar-refractivity contribution is -0.119. The number of rotatable bonds is 11. The maximum atomic E-state index is 11.6. The predicted octanol–water partition coefficient (Wildman–Crippen LogP) is 2.28. The van der Waals surface area contributed by atoms with E-state index < -0.39 is 0 Å². The van der Waals surface area contributed by atoms with Crippen molar-refractivity contribution in [3.8, 4) is 0 Å². The Morgan fingerprint density at radius 1 is 1.12 bits per heavy atom. The molecule has 1 fully saturated rings. The van der Waals surface area contributed by atoms with E-state index in [0.717, 1.165) is 31.4 Å². The zero-order valence-corrected chi connectivity index (χ0v) is 17.6. The molecule has 0 heterocycles. The summed E-state index contributed by atoms with van der Waals surface area (Å²) in [5, 5.41) is 9.24. The Kier molecular flexibility index (Phi) is 15.6. The van der Waals surface area contributed by atoms with Gasteiger partial charge in [0.1, 0.15) is 6.54 Å². The largest absolute Gasteiger partial charge is 0.383 e. The Morgan fingerprint density at radius 3 is 2.54 bits per heavy atom. The average Bonchev–Trinajstić information content (AvgIpc) is 3.06. The molecule has 0 aromatic heterocycles. The highest BCUT2D eigenvalue weighted by Gasteiger charge is 2.13. The molecule has 1 saturated carbocycles. The quantitative estimate of drug-likeness (QED) is 0.194. The van der Waals surface area contributed by atoms with Crippen molar-refractivity contribution < 1.29 is 9.53 Å². The van der Waals surface area contributed by atoms with Crippen LogP contribution in [0.25, 0.3) is 0 Å². The fraction of sp³-hybridized carbons (Fsp3) is 0.882. The number of carbonyl (C=O) groups excluding carboxylic acids is 1. The number of ether oxygens (including phenoxy) is 1. The van der Waals surface area contributed by atoms with Gasteiger partial charge in [-0.1, -0.05) is 38.5 Å². The molecular weight excluding hydrogens is 419 g/mol. The van der Waals surface area contributed by atoms with Gasteiger partial charge in [0.05, 0.1) is 6.61 Å². The van der Waals surface area contributed by atoms with Crippen LogP contribution in [0.2, 0.25) is 0 Å². The van der Waals surface area contributed by atoms with E-state index in [2.05, 4.69) is 20.9 Å². The van der Waals surface area contributed by atoms with Crippen LogP contribution in [0.5, 0.6) is 0 Å². The topological polar surface area (TPSA) is 74.8 Å². The molecule has 142 valence electrons. The molecule has 0 aliphatic heterocycles. The molecule has 0 bridgehead atoms. The van der Waals surface area contributed by atoms with Crippen molar-refractivity contribution in [2.24, 2.45) is 10.9 Å². The highest BCUT2D eigenvalue weighted by atomic mass is 127. The molecule has 1 rings (SSSR count). The van der Waals surface area contributed by atoms with Gasteiger partial charge < -0.3 is 20.7 Å². The Balaban J connectivity index is 0.00000529. The Hall–Kier alpha value is -0.570. The van der Waals surface area contributed by atoms with Crippen molar-refractivity contribution in [3.05, 3.63) is 0 Å². The summed E-state index contributed by atoms with van der Waals surface area (Å²) < 4.78 is 4.89. The number of unbranched alkanes of at least 4 members (excludes halogenated alkanes) is 1. The second-order valence-electron chi connectivity index (χ2n) is 6.11. The maximum absolute atomic E-state index is 11.6. The summed E-state index contributed by atoms with van der Waals surface area (Å²) in [6, 6.07) is 0. The van der Waals surface area contributed by atoms with Crippen LogP contribution in [0.15, 0.2) is 4.99 Å². The van der Waals surface area contributed by atoms with Gasteiger partial charge in [-0.15, -0.1) is 24.0 Å². The lowest BCUT2D eigenvalue weighted by atomic mass is 10.0. The van der Waals surface area contributed by atoms with E-state index in [0.29, 0.717) is 13.2 Å². The van der Waals surface area contributed by atoms with E-state index in [4.69, 9.17) is 4.74 Å². The minimum atomic E-state index is -0.0829. The van der Waals surface area contributed by atoms with Crippen LogP contribution >= 0.6 is 24.0 Å². The molecule has 0 spiro atoms. The smallest absolute Gasteiger partial charge is 0.241 e. The van der Waals surface area contributed by atoms with Crippen molar-refractivity contribution >= 4 is 35.8 Å². The normalized spacial score (nSPS) is 15.0. The standard InChI is InChI=1S/C17H34N4O2.HI/c1-3-18-17(21-14-16(22)19-12-13-23-2)20-11-7-6-10-15-8-4-5-9-15;/h15H,3-14H2,1-2H3,(H,19,22)(H2,18,20,21);1H. The van der Waals surface area contributed by atoms with Crippen LogP contribution in [-0.4, -0.2) is 51.8 Å². The number of halogens is 1. The van der Waals surface area contributed by atoms with Gasteiger partial charge in [0.25, 0.3) is 0 Å². The first-order chi connectivity index (χ1) is 11.3. The van der Waals surface area contributed by atoms with E-state index in [1.165, 1.54) is 38.5 Å². The molecule has 1 amide bonds. The molecule has 1 aliphatic rings. The molecule has 1 aliphatic carbocycles. The van der Waals surface area contributed by atoms with Gasteiger partial charge >= 0.3 is 0 Å². The predicted molar refractivity (Wildman–Crippen MR) is 110 cm³/mol. The first-order valence-corrected chi connectivity index (χ1v) is 9.04. The highest BCUT2D eigenvalue weighted by molar-refractivity contribution is 14.0. The zero-order valence-electron chi connectivity index (χ0n) is 15.2. The number of nitrogens with one attached hydrogen (secondary N) is 3. The maximum Gasteiger partial charge on any atom is 0.241 e. The number of methoxy groups -OCH3 is 1. The molecule has 0 aromatic rings. The summed E-state index contributed by atoms with van der Waals surface area (Å²) >= 11 is 0. The molecule has 0 unspecified atom stereocenters. The van der Waals surface area contributed by atoms with Gasteiger partial charge in [-0.3, -0.25) is 4.79 Å². The van der Waals surface area contributed by atoms with E-state index in [1.807, 2.05) is 6.92 Å². The summed E-state index contributed by atoms with van der Waals surface area (Å²) in [7, 11) is 1.62. The van der Waals surface area contributed by atoms with Gasteiger partial charge in [0, 0.05) is 26.7 Å². The monoisotopic (exact) mass is 454 g/mol. The second-order valence-corrected chi connectivity index (χ2v) is 6.11. The summed E-state index contributed by atoms with van der Waals surface area (Å²) in [4.78, 5) is 15.9. The first kappa shape index (κ1) is 23.4. The number of nitrogens with zero attached hydrogens (tertiary/aromatic N) is 1. The number of carbonyl (C=O) groups is 1. The number of hydrogen-bond donors (Lipinski definition) is 3. The van der Waals surface area contributed by atoms with Gasteiger partial charge in [-0.2, -0.15) is 0 Å². The van der Waals surface area contributed by atoms with Crippen LogP contribution in [-0.2, 0) is 9.53 Å². The van der Waals surface area contributed by atoms with Crippen LogP contribution in [0.4, 0.5) is 0 Å². The lowest BCUT2D eigenvalue weighted by Crippen LogP contribution is -2.39. The molecular formula is C17H35IN4O2. The van der Waals surface area contributed by atoms with Crippen LogP contribution < -0.4 is 16.0 Å².